The van der Waals surface area contributed by atoms with Crippen LogP contribution < -0.4 is 10.6 Å². The van der Waals surface area contributed by atoms with Crippen molar-refractivity contribution in [2.45, 2.75) is 25.8 Å². The topological polar surface area (TPSA) is 58.2 Å². The highest BCUT2D eigenvalue weighted by molar-refractivity contribution is 7.17. The predicted molar refractivity (Wildman–Crippen MR) is 109 cm³/mol. The lowest BCUT2D eigenvalue weighted by atomic mass is 10.1. The molecular weight excluding hydrogens is 394 g/mol. The predicted octanol–water partition coefficient (Wildman–Crippen LogP) is 5.15. The number of anilines is 1. The van der Waals surface area contributed by atoms with Crippen LogP contribution in [0.3, 0.4) is 0 Å². The third-order valence-corrected chi connectivity index (χ3v) is 5.77. The molecule has 1 saturated carbocycles. The molecule has 1 aliphatic carbocycles. The molecule has 0 radical (unpaired) electrons. The van der Waals surface area contributed by atoms with Gasteiger partial charge in [-0.05, 0) is 67.3 Å². The van der Waals surface area contributed by atoms with Crippen LogP contribution in [0.1, 0.15) is 38.4 Å². The molecule has 7 heteroatoms. The molecule has 2 aromatic carbocycles. The van der Waals surface area contributed by atoms with Gasteiger partial charge in [-0.1, -0.05) is 6.07 Å². The van der Waals surface area contributed by atoms with Crippen LogP contribution in [0.4, 0.5) is 14.5 Å². The SMILES string of the molecule is Cc1ccc(C(=O)NC2CC2)cc1NC(=O)c1ccc(-c2cc(F)cc(F)c2)s1. The van der Waals surface area contributed by atoms with Gasteiger partial charge in [-0.3, -0.25) is 9.59 Å². The number of nitrogens with one attached hydrogen (secondary N) is 2. The maximum Gasteiger partial charge on any atom is 0.265 e. The molecule has 1 fully saturated rings. The Labute approximate surface area is 170 Å². The van der Waals surface area contributed by atoms with E-state index in [1.807, 2.05) is 6.92 Å². The number of thiophene rings is 1. The molecule has 148 valence electrons. The molecule has 2 N–H and O–H groups in total. The van der Waals surface area contributed by atoms with Crippen LogP contribution in [0, 0.1) is 18.6 Å². The van der Waals surface area contributed by atoms with Crippen molar-refractivity contribution in [3.8, 4) is 10.4 Å². The maximum atomic E-state index is 13.4. The average molecular weight is 412 g/mol. The first-order chi connectivity index (χ1) is 13.9. The number of aryl methyl sites for hydroxylation is 1. The highest BCUT2D eigenvalue weighted by atomic mass is 32.1. The van der Waals surface area contributed by atoms with Crippen LogP contribution in [-0.4, -0.2) is 17.9 Å². The first kappa shape index (κ1) is 19.3. The monoisotopic (exact) mass is 412 g/mol. The van der Waals surface area contributed by atoms with Crippen molar-refractivity contribution >= 4 is 28.8 Å². The second-order valence-corrected chi connectivity index (χ2v) is 8.14. The Bertz CT molecular complexity index is 1090. The zero-order chi connectivity index (χ0) is 20.5. The van der Waals surface area contributed by atoms with E-state index in [0.29, 0.717) is 26.6 Å². The molecule has 4 nitrogen and oxygen atoms in total. The Hall–Kier alpha value is -3.06. The van der Waals surface area contributed by atoms with Gasteiger partial charge in [0.1, 0.15) is 11.6 Å². The Morgan fingerprint density at radius 3 is 2.38 bits per heavy atom. The highest BCUT2D eigenvalue weighted by Gasteiger charge is 2.24. The number of hydrogen-bond acceptors (Lipinski definition) is 3. The zero-order valence-electron chi connectivity index (χ0n) is 15.6. The van der Waals surface area contributed by atoms with Crippen LogP contribution in [0.2, 0.25) is 0 Å². The average Bonchev–Trinajstić information content (AvgIpc) is 3.33. The standard InChI is InChI=1S/C22H18F2N2O2S/c1-12-2-3-13(21(27)25-17-4-5-17)10-18(12)26-22(28)20-7-6-19(29-20)14-8-15(23)11-16(24)9-14/h2-3,6-11,17H,4-5H2,1H3,(H,25,27)(H,26,28). The Morgan fingerprint density at radius 1 is 0.966 bits per heavy atom. The molecule has 0 unspecified atom stereocenters. The highest BCUT2D eigenvalue weighted by Crippen LogP contribution is 2.30. The van der Waals surface area contributed by atoms with E-state index in [0.717, 1.165) is 35.8 Å². The van der Waals surface area contributed by atoms with Gasteiger partial charge in [0.25, 0.3) is 11.8 Å². The molecule has 0 saturated heterocycles. The fraction of sp³-hybridized carbons (Fsp3) is 0.182. The fourth-order valence-electron chi connectivity index (χ4n) is 2.89. The largest absolute Gasteiger partial charge is 0.349 e. The van der Waals surface area contributed by atoms with E-state index in [9.17, 15) is 18.4 Å². The van der Waals surface area contributed by atoms with Crippen molar-refractivity contribution in [1.82, 2.24) is 5.32 Å². The summed E-state index contributed by atoms with van der Waals surface area (Å²) >= 11 is 1.14. The molecule has 1 aliphatic rings. The quantitative estimate of drug-likeness (QED) is 0.609. The molecule has 0 atom stereocenters. The van der Waals surface area contributed by atoms with Gasteiger partial charge in [0, 0.05) is 28.2 Å². The summed E-state index contributed by atoms with van der Waals surface area (Å²) in [6.45, 7) is 1.84. The molecule has 29 heavy (non-hydrogen) atoms. The molecule has 0 aliphatic heterocycles. The summed E-state index contributed by atoms with van der Waals surface area (Å²) in [4.78, 5) is 25.9. The summed E-state index contributed by atoms with van der Waals surface area (Å²) in [7, 11) is 0. The summed E-state index contributed by atoms with van der Waals surface area (Å²) in [5.74, 6) is -1.84. The summed E-state index contributed by atoms with van der Waals surface area (Å²) in [6.07, 6.45) is 1.99. The Morgan fingerprint density at radius 2 is 1.69 bits per heavy atom. The van der Waals surface area contributed by atoms with Gasteiger partial charge in [-0.25, -0.2) is 8.78 Å². The lowest BCUT2D eigenvalue weighted by Crippen LogP contribution is -2.25. The molecule has 0 bridgehead atoms. The second-order valence-electron chi connectivity index (χ2n) is 7.05. The zero-order valence-corrected chi connectivity index (χ0v) is 16.4. The van der Waals surface area contributed by atoms with Crippen LogP contribution in [0.25, 0.3) is 10.4 Å². The van der Waals surface area contributed by atoms with E-state index < -0.39 is 11.6 Å². The lowest BCUT2D eigenvalue weighted by Gasteiger charge is -2.10. The van der Waals surface area contributed by atoms with Gasteiger partial charge in [-0.2, -0.15) is 0 Å². The van der Waals surface area contributed by atoms with E-state index >= 15 is 0 Å². The molecule has 0 spiro atoms. The molecular formula is C22H18F2N2O2S. The number of amides is 2. The number of carbonyl (C=O) groups is 2. The fourth-order valence-corrected chi connectivity index (χ4v) is 3.78. The van der Waals surface area contributed by atoms with Gasteiger partial charge >= 0.3 is 0 Å². The van der Waals surface area contributed by atoms with Crippen molar-refractivity contribution in [1.29, 1.82) is 0 Å². The first-order valence-corrected chi connectivity index (χ1v) is 10.00. The van der Waals surface area contributed by atoms with Crippen molar-refractivity contribution in [2.24, 2.45) is 0 Å². The number of hydrogen-bond donors (Lipinski definition) is 2. The number of benzene rings is 2. The Balaban J connectivity index is 1.52. The van der Waals surface area contributed by atoms with Gasteiger partial charge in [0.15, 0.2) is 0 Å². The van der Waals surface area contributed by atoms with E-state index in [1.165, 1.54) is 12.1 Å². The Kier molecular flexibility index (Phi) is 5.15. The third kappa shape index (κ3) is 4.51. The first-order valence-electron chi connectivity index (χ1n) is 9.18. The lowest BCUT2D eigenvalue weighted by molar-refractivity contribution is 0.0949. The summed E-state index contributed by atoms with van der Waals surface area (Å²) in [5, 5.41) is 5.74. The van der Waals surface area contributed by atoms with E-state index in [-0.39, 0.29) is 17.9 Å². The van der Waals surface area contributed by atoms with Crippen molar-refractivity contribution < 1.29 is 18.4 Å². The van der Waals surface area contributed by atoms with Gasteiger partial charge in [0.2, 0.25) is 0 Å². The molecule has 3 aromatic rings. The van der Waals surface area contributed by atoms with Crippen LogP contribution in [-0.2, 0) is 0 Å². The van der Waals surface area contributed by atoms with E-state index in [1.54, 1.807) is 30.3 Å². The van der Waals surface area contributed by atoms with Crippen LogP contribution >= 0.6 is 11.3 Å². The van der Waals surface area contributed by atoms with Crippen molar-refractivity contribution in [3.63, 3.8) is 0 Å². The molecule has 1 aromatic heterocycles. The minimum Gasteiger partial charge on any atom is -0.349 e. The molecule has 2 amide bonds. The molecule has 1 heterocycles. The van der Waals surface area contributed by atoms with Crippen LogP contribution in [0.5, 0.6) is 0 Å². The van der Waals surface area contributed by atoms with E-state index in [4.69, 9.17) is 0 Å². The minimum absolute atomic E-state index is 0.158. The summed E-state index contributed by atoms with van der Waals surface area (Å²) in [6, 6.07) is 11.9. The number of carbonyl (C=O) groups excluding carboxylic acids is 2. The summed E-state index contributed by atoms with van der Waals surface area (Å²) < 4.78 is 26.9. The van der Waals surface area contributed by atoms with Crippen LogP contribution in [0.15, 0.2) is 48.5 Å². The minimum atomic E-state index is -0.670. The van der Waals surface area contributed by atoms with Crippen molar-refractivity contribution in [2.75, 3.05) is 5.32 Å². The number of halogens is 2. The third-order valence-electron chi connectivity index (χ3n) is 4.64. The second kappa shape index (κ2) is 7.75. The maximum absolute atomic E-state index is 13.4. The number of rotatable bonds is 5. The van der Waals surface area contributed by atoms with Gasteiger partial charge in [0.05, 0.1) is 4.88 Å². The van der Waals surface area contributed by atoms with E-state index in [2.05, 4.69) is 10.6 Å². The normalized spacial score (nSPS) is 13.2. The van der Waals surface area contributed by atoms with Crippen molar-refractivity contribution in [3.05, 3.63) is 76.2 Å². The summed E-state index contributed by atoms with van der Waals surface area (Å²) in [5.41, 5.74) is 2.23. The van der Waals surface area contributed by atoms with Gasteiger partial charge < -0.3 is 10.6 Å². The molecule has 4 rings (SSSR count). The van der Waals surface area contributed by atoms with Gasteiger partial charge in [-0.15, -0.1) is 11.3 Å². The smallest absolute Gasteiger partial charge is 0.265 e.